The molecule has 0 aliphatic carbocycles. The molecule has 92 valence electrons. The molecule has 17 heavy (non-hydrogen) atoms. The fourth-order valence-electron chi connectivity index (χ4n) is 1.49. The summed E-state index contributed by atoms with van der Waals surface area (Å²) in [5.74, 6) is 0. The van der Waals surface area contributed by atoms with Crippen molar-refractivity contribution in [2.45, 2.75) is 26.7 Å². The standard InChI is InChI=1S/C11H16N4S2/c1-3-12-6-4-5-9-14-15-11(17-9)10-8(2)13-7-16-10/h7,12H,3-6H2,1-2H3. The molecule has 0 aromatic carbocycles. The Morgan fingerprint density at radius 1 is 1.35 bits per heavy atom. The first-order chi connectivity index (χ1) is 8.31. The topological polar surface area (TPSA) is 50.7 Å². The van der Waals surface area contributed by atoms with Crippen LogP contribution in [-0.4, -0.2) is 28.3 Å². The zero-order valence-corrected chi connectivity index (χ0v) is 11.7. The molecular weight excluding hydrogens is 252 g/mol. The van der Waals surface area contributed by atoms with Crippen LogP contribution in [0.3, 0.4) is 0 Å². The van der Waals surface area contributed by atoms with Crippen molar-refractivity contribution in [1.82, 2.24) is 20.5 Å². The number of nitrogens with one attached hydrogen (secondary N) is 1. The molecule has 0 bridgehead atoms. The van der Waals surface area contributed by atoms with Crippen LogP contribution < -0.4 is 5.32 Å². The van der Waals surface area contributed by atoms with Gasteiger partial charge in [-0.3, -0.25) is 0 Å². The maximum absolute atomic E-state index is 4.24. The van der Waals surface area contributed by atoms with E-state index >= 15 is 0 Å². The second-order valence-corrected chi connectivity index (χ2v) is 5.64. The van der Waals surface area contributed by atoms with E-state index in [1.54, 1.807) is 22.7 Å². The van der Waals surface area contributed by atoms with Gasteiger partial charge in [0, 0.05) is 6.42 Å². The molecule has 0 unspecified atom stereocenters. The molecule has 0 radical (unpaired) electrons. The van der Waals surface area contributed by atoms with Gasteiger partial charge in [-0.25, -0.2) is 4.98 Å². The third-order valence-electron chi connectivity index (χ3n) is 2.40. The van der Waals surface area contributed by atoms with Gasteiger partial charge in [-0.1, -0.05) is 18.3 Å². The summed E-state index contributed by atoms with van der Waals surface area (Å²) in [4.78, 5) is 5.39. The first-order valence-electron chi connectivity index (χ1n) is 5.74. The summed E-state index contributed by atoms with van der Waals surface area (Å²) < 4.78 is 0. The number of hydrogen-bond acceptors (Lipinski definition) is 6. The molecule has 2 aromatic heterocycles. The minimum atomic E-state index is 1.00. The third kappa shape index (κ3) is 3.31. The second kappa shape index (κ2) is 6.18. The van der Waals surface area contributed by atoms with Gasteiger partial charge in [0.15, 0.2) is 5.01 Å². The molecule has 2 rings (SSSR count). The van der Waals surface area contributed by atoms with Crippen LogP contribution in [-0.2, 0) is 6.42 Å². The summed E-state index contributed by atoms with van der Waals surface area (Å²) in [5.41, 5.74) is 2.90. The molecule has 0 fully saturated rings. The first kappa shape index (κ1) is 12.6. The highest BCUT2D eigenvalue weighted by molar-refractivity contribution is 7.20. The quantitative estimate of drug-likeness (QED) is 0.818. The Balaban J connectivity index is 1.95. The van der Waals surface area contributed by atoms with Crippen molar-refractivity contribution in [3.05, 3.63) is 16.2 Å². The third-order valence-corrected chi connectivity index (χ3v) is 4.47. The number of aryl methyl sites for hydroxylation is 2. The van der Waals surface area contributed by atoms with Crippen LogP contribution in [0.2, 0.25) is 0 Å². The fourth-order valence-corrected chi connectivity index (χ4v) is 3.32. The Morgan fingerprint density at radius 2 is 2.24 bits per heavy atom. The predicted octanol–water partition coefficient (Wildman–Crippen LogP) is 2.51. The van der Waals surface area contributed by atoms with Crippen LogP contribution in [0, 0.1) is 6.92 Å². The molecule has 0 amide bonds. The van der Waals surface area contributed by atoms with Gasteiger partial charge in [-0.2, -0.15) is 0 Å². The molecule has 1 N–H and O–H groups in total. The normalized spacial score (nSPS) is 10.9. The Kier molecular flexibility index (Phi) is 4.58. The van der Waals surface area contributed by atoms with Gasteiger partial charge in [0.1, 0.15) is 5.01 Å². The molecule has 2 aromatic rings. The highest BCUT2D eigenvalue weighted by Gasteiger charge is 2.10. The molecule has 0 atom stereocenters. The zero-order chi connectivity index (χ0) is 12.1. The van der Waals surface area contributed by atoms with Crippen molar-refractivity contribution >= 4 is 22.7 Å². The van der Waals surface area contributed by atoms with E-state index in [1.165, 1.54) is 0 Å². The lowest BCUT2D eigenvalue weighted by Crippen LogP contribution is -2.14. The minimum Gasteiger partial charge on any atom is -0.317 e. The van der Waals surface area contributed by atoms with E-state index in [9.17, 15) is 0 Å². The molecule has 4 nitrogen and oxygen atoms in total. The van der Waals surface area contributed by atoms with Crippen LogP contribution >= 0.6 is 22.7 Å². The largest absolute Gasteiger partial charge is 0.317 e. The van der Waals surface area contributed by atoms with Crippen molar-refractivity contribution < 1.29 is 0 Å². The zero-order valence-electron chi connectivity index (χ0n) is 10.1. The minimum absolute atomic E-state index is 1.00. The van der Waals surface area contributed by atoms with Crippen LogP contribution in [0.25, 0.3) is 9.88 Å². The Labute approximate surface area is 109 Å². The van der Waals surface area contributed by atoms with E-state index in [0.29, 0.717) is 0 Å². The van der Waals surface area contributed by atoms with Gasteiger partial charge in [0.2, 0.25) is 0 Å². The van der Waals surface area contributed by atoms with E-state index in [-0.39, 0.29) is 0 Å². The van der Waals surface area contributed by atoms with Gasteiger partial charge in [-0.05, 0) is 26.4 Å². The van der Waals surface area contributed by atoms with E-state index in [1.807, 2.05) is 12.4 Å². The van der Waals surface area contributed by atoms with E-state index < -0.39 is 0 Å². The highest BCUT2D eigenvalue weighted by atomic mass is 32.1. The van der Waals surface area contributed by atoms with Gasteiger partial charge in [0.05, 0.1) is 16.1 Å². The summed E-state index contributed by atoms with van der Waals surface area (Å²) in [7, 11) is 0. The Hall–Kier alpha value is -0.850. The van der Waals surface area contributed by atoms with Crippen LogP contribution in [0.5, 0.6) is 0 Å². The van der Waals surface area contributed by atoms with Crippen molar-refractivity contribution in [2.24, 2.45) is 0 Å². The summed E-state index contributed by atoms with van der Waals surface area (Å²) in [5, 5.41) is 13.9. The average molecular weight is 268 g/mol. The van der Waals surface area contributed by atoms with E-state index in [4.69, 9.17) is 0 Å². The van der Waals surface area contributed by atoms with Gasteiger partial charge in [-0.15, -0.1) is 21.5 Å². The summed E-state index contributed by atoms with van der Waals surface area (Å²) in [6.07, 6.45) is 2.12. The summed E-state index contributed by atoms with van der Waals surface area (Å²) in [6.45, 7) is 6.21. The maximum atomic E-state index is 4.24. The van der Waals surface area contributed by atoms with Gasteiger partial charge >= 0.3 is 0 Å². The molecule has 6 heteroatoms. The van der Waals surface area contributed by atoms with Crippen LogP contribution in [0.1, 0.15) is 24.0 Å². The van der Waals surface area contributed by atoms with E-state index in [2.05, 4.69) is 27.4 Å². The molecule has 0 aliphatic heterocycles. The van der Waals surface area contributed by atoms with Crippen LogP contribution in [0.15, 0.2) is 5.51 Å². The second-order valence-electron chi connectivity index (χ2n) is 3.72. The molecule has 0 aliphatic rings. The Bertz CT molecular complexity index is 463. The maximum Gasteiger partial charge on any atom is 0.159 e. The van der Waals surface area contributed by atoms with Crippen molar-refractivity contribution in [2.75, 3.05) is 13.1 Å². The molecule has 0 saturated carbocycles. The van der Waals surface area contributed by atoms with Crippen molar-refractivity contribution in [1.29, 1.82) is 0 Å². The monoisotopic (exact) mass is 268 g/mol. The molecule has 0 spiro atoms. The summed E-state index contributed by atoms with van der Waals surface area (Å²) >= 11 is 3.32. The van der Waals surface area contributed by atoms with Crippen molar-refractivity contribution in [3.63, 3.8) is 0 Å². The molecule has 0 saturated heterocycles. The molecular formula is C11H16N4S2. The lowest BCUT2D eigenvalue weighted by Gasteiger charge is -1.97. The number of hydrogen-bond donors (Lipinski definition) is 1. The predicted molar refractivity (Wildman–Crippen MR) is 72.6 cm³/mol. The lowest BCUT2D eigenvalue weighted by atomic mass is 10.3. The lowest BCUT2D eigenvalue weighted by molar-refractivity contribution is 0.669. The van der Waals surface area contributed by atoms with E-state index in [0.717, 1.165) is 46.5 Å². The number of rotatable bonds is 6. The number of thiazole rings is 1. The first-order valence-corrected chi connectivity index (χ1v) is 7.44. The number of aromatic nitrogens is 3. The van der Waals surface area contributed by atoms with Gasteiger partial charge < -0.3 is 5.32 Å². The fraction of sp³-hybridized carbons (Fsp3) is 0.545. The Morgan fingerprint density at radius 3 is 2.94 bits per heavy atom. The number of nitrogens with zero attached hydrogens (tertiary/aromatic N) is 3. The summed E-state index contributed by atoms with van der Waals surface area (Å²) in [6, 6.07) is 0. The smallest absolute Gasteiger partial charge is 0.159 e. The van der Waals surface area contributed by atoms with Crippen LogP contribution in [0.4, 0.5) is 0 Å². The highest BCUT2D eigenvalue weighted by Crippen LogP contribution is 2.29. The molecule has 2 heterocycles. The van der Waals surface area contributed by atoms with Crippen molar-refractivity contribution in [3.8, 4) is 9.88 Å². The SMILES string of the molecule is CCNCCCc1nnc(-c2scnc2C)s1. The average Bonchev–Trinajstić information content (AvgIpc) is 2.93. The van der Waals surface area contributed by atoms with Gasteiger partial charge in [0.25, 0.3) is 0 Å².